The van der Waals surface area contributed by atoms with E-state index < -0.39 is 0 Å². The van der Waals surface area contributed by atoms with E-state index in [2.05, 4.69) is 0 Å². The maximum atomic E-state index is 12.6. The molecule has 1 unspecified atom stereocenters. The van der Waals surface area contributed by atoms with E-state index >= 15 is 0 Å². The van der Waals surface area contributed by atoms with Crippen molar-refractivity contribution in [3.05, 3.63) is 29.3 Å². The van der Waals surface area contributed by atoms with E-state index in [0.29, 0.717) is 24.3 Å². The van der Waals surface area contributed by atoms with Gasteiger partial charge in [0.2, 0.25) is 0 Å². The zero-order valence-corrected chi connectivity index (χ0v) is 12.1. The molecule has 1 aromatic rings. The molecule has 0 spiro atoms. The molecule has 1 saturated heterocycles. The van der Waals surface area contributed by atoms with Crippen molar-refractivity contribution in [1.82, 2.24) is 4.90 Å². The molecule has 0 saturated carbocycles. The van der Waals surface area contributed by atoms with Gasteiger partial charge in [0.15, 0.2) is 0 Å². The lowest BCUT2D eigenvalue weighted by Gasteiger charge is -2.41. The summed E-state index contributed by atoms with van der Waals surface area (Å²) in [5.41, 5.74) is 7.76. The van der Waals surface area contributed by atoms with Crippen molar-refractivity contribution in [3.63, 3.8) is 0 Å². The number of hydrogen-bond donors (Lipinski definition) is 1. The molecule has 1 aliphatic rings. The van der Waals surface area contributed by atoms with Crippen molar-refractivity contribution < 1.29 is 9.53 Å². The standard InChI is InChI=1S/C15H22N2O2/c1-10-8-17(9-15(3,4)19-10)14(18)12-6-5-7-13(16)11(12)2/h5-7,10H,8-9,16H2,1-4H3. The number of morpholine rings is 1. The molecule has 4 heteroatoms. The van der Waals surface area contributed by atoms with E-state index in [1.807, 2.05) is 50.8 Å². The molecule has 2 rings (SSSR count). The Morgan fingerprint density at radius 3 is 2.79 bits per heavy atom. The Morgan fingerprint density at radius 2 is 2.16 bits per heavy atom. The summed E-state index contributed by atoms with van der Waals surface area (Å²) in [7, 11) is 0. The first-order valence-electron chi connectivity index (χ1n) is 6.62. The van der Waals surface area contributed by atoms with E-state index in [1.54, 1.807) is 0 Å². The molecule has 0 radical (unpaired) electrons. The van der Waals surface area contributed by atoms with Gasteiger partial charge in [0.1, 0.15) is 0 Å². The van der Waals surface area contributed by atoms with Gasteiger partial charge in [0.25, 0.3) is 5.91 Å². The van der Waals surface area contributed by atoms with Crippen LogP contribution in [0, 0.1) is 6.92 Å². The molecule has 0 aromatic heterocycles. The molecule has 2 N–H and O–H groups in total. The van der Waals surface area contributed by atoms with E-state index in [-0.39, 0.29) is 17.6 Å². The Morgan fingerprint density at radius 1 is 1.47 bits per heavy atom. The van der Waals surface area contributed by atoms with Crippen LogP contribution < -0.4 is 5.73 Å². The molecule has 4 nitrogen and oxygen atoms in total. The van der Waals surface area contributed by atoms with Gasteiger partial charge in [-0.3, -0.25) is 4.79 Å². The minimum Gasteiger partial charge on any atom is -0.398 e. The normalized spacial score (nSPS) is 22.3. The lowest BCUT2D eigenvalue weighted by atomic mass is 10.0. The second-order valence-electron chi connectivity index (χ2n) is 5.89. The van der Waals surface area contributed by atoms with Gasteiger partial charge in [-0.1, -0.05) is 6.07 Å². The van der Waals surface area contributed by atoms with Crippen LogP contribution in [0.3, 0.4) is 0 Å². The van der Waals surface area contributed by atoms with Crippen LogP contribution in [0.4, 0.5) is 5.69 Å². The van der Waals surface area contributed by atoms with Crippen LogP contribution >= 0.6 is 0 Å². The van der Waals surface area contributed by atoms with Crippen molar-refractivity contribution in [2.24, 2.45) is 0 Å². The van der Waals surface area contributed by atoms with Gasteiger partial charge < -0.3 is 15.4 Å². The predicted molar refractivity (Wildman–Crippen MR) is 76.1 cm³/mol. The van der Waals surface area contributed by atoms with Crippen molar-refractivity contribution in [2.45, 2.75) is 39.4 Å². The Bertz CT molecular complexity index is 497. The van der Waals surface area contributed by atoms with Crippen molar-refractivity contribution in [1.29, 1.82) is 0 Å². The smallest absolute Gasteiger partial charge is 0.254 e. The summed E-state index contributed by atoms with van der Waals surface area (Å²) in [5.74, 6) is 0.0352. The van der Waals surface area contributed by atoms with Gasteiger partial charge in [-0.05, 0) is 45.4 Å². The fraction of sp³-hybridized carbons (Fsp3) is 0.533. The van der Waals surface area contributed by atoms with E-state index in [9.17, 15) is 4.79 Å². The van der Waals surface area contributed by atoms with Crippen LogP contribution in [0.2, 0.25) is 0 Å². The van der Waals surface area contributed by atoms with Gasteiger partial charge in [0.05, 0.1) is 11.7 Å². The molecule has 1 aliphatic heterocycles. The van der Waals surface area contributed by atoms with Crippen LogP contribution in [0.15, 0.2) is 18.2 Å². The SMILES string of the molecule is Cc1c(N)cccc1C(=O)N1CC(C)OC(C)(C)C1. The van der Waals surface area contributed by atoms with Gasteiger partial charge >= 0.3 is 0 Å². The van der Waals surface area contributed by atoms with Gasteiger partial charge in [-0.25, -0.2) is 0 Å². The van der Waals surface area contributed by atoms with Crippen molar-refractivity contribution in [2.75, 3.05) is 18.8 Å². The minimum absolute atomic E-state index is 0.0352. The second-order valence-corrected chi connectivity index (χ2v) is 5.89. The molecule has 1 atom stereocenters. The topological polar surface area (TPSA) is 55.6 Å². The zero-order chi connectivity index (χ0) is 14.2. The van der Waals surface area contributed by atoms with Crippen LogP contribution in [0.1, 0.15) is 36.7 Å². The maximum absolute atomic E-state index is 12.6. The number of rotatable bonds is 1. The molecule has 1 aromatic carbocycles. The molecule has 19 heavy (non-hydrogen) atoms. The van der Waals surface area contributed by atoms with Crippen LogP contribution in [0.5, 0.6) is 0 Å². The number of nitrogen functional groups attached to an aromatic ring is 1. The second kappa shape index (κ2) is 4.85. The highest BCUT2D eigenvalue weighted by Gasteiger charge is 2.34. The summed E-state index contributed by atoms with van der Waals surface area (Å²) in [6.45, 7) is 9.12. The summed E-state index contributed by atoms with van der Waals surface area (Å²) in [6, 6.07) is 5.48. The summed E-state index contributed by atoms with van der Waals surface area (Å²) in [5, 5.41) is 0. The molecule has 1 fully saturated rings. The third kappa shape index (κ3) is 2.89. The Labute approximate surface area is 114 Å². The molecular formula is C15H22N2O2. The van der Waals surface area contributed by atoms with E-state index in [4.69, 9.17) is 10.5 Å². The minimum atomic E-state index is -0.304. The fourth-order valence-electron chi connectivity index (χ4n) is 2.66. The Balaban J connectivity index is 2.26. The van der Waals surface area contributed by atoms with E-state index in [1.165, 1.54) is 0 Å². The first-order chi connectivity index (χ1) is 8.80. The number of nitrogens with zero attached hydrogens (tertiary/aromatic N) is 1. The highest BCUT2D eigenvalue weighted by molar-refractivity contribution is 5.97. The number of benzene rings is 1. The molecule has 104 valence electrons. The van der Waals surface area contributed by atoms with Gasteiger partial charge in [-0.2, -0.15) is 0 Å². The maximum Gasteiger partial charge on any atom is 0.254 e. The number of carbonyl (C=O) groups is 1. The fourth-order valence-corrected chi connectivity index (χ4v) is 2.66. The number of nitrogens with two attached hydrogens (primary N) is 1. The van der Waals surface area contributed by atoms with Crippen LogP contribution in [0.25, 0.3) is 0 Å². The quantitative estimate of drug-likeness (QED) is 0.789. The largest absolute Gasteiger partial charge is 0.398 e. The van der Waals surface area contributed by atoms with Crippen LogP contribution in [-0.2, 0) is 4.74 Å². The third-order valence-corrected chi connectivity index (χ3v) is 3.46. The average molecular weight is 262 g/mol. The number of amides is 1. The number of ether oxygens (including phenoxy) is 1. The molecule has 1 heterocycles. The van der Waals surface area contributed by atoms with Crippen molar-refractivity contribution >= 4 is 11.6 Å². The van der Waals surface area contributed by atoms with Crippen molar-refractivity contribution in [3.8, 4) is 0 Å². The first-order valence-corrected chi connectivity index (χ1v) is 6.62. The number of anilines is 1. The third-order valence-electron chi connectivity index (χ3n) is 3.46. The van der Waals surface area contributed by atoms with Gasteiger partial charge in [0, 0.05) is 24.3 Å². The molecule has 0 aliphatic carbocycles. The monoisotopic (exact) mass is 262 g/mol. The number of carbonyl (C=O) groups excluding carboxylic acids is 1. The summed E-state index contributed by atoms with van der Waals surface area (Å²) in [4.78, 5) is 14.5. The summed E-state index contributed by atoms with van der Waals surface area (Å²) in [6.07, 6.45) is 0.0501. The Kier molecular flexibility index (Phi) is 3.54. The number of hydrogen-bond acceptors (Lipinski definition) is 3. The van der Waals surface area contributed by atoms with Gasteiger partial charge in [-0.15, -0.1) is 0 Å². The lowest BCUT2D eigenvalue weighted by molar-refractivity contribution is -0.118. The van der Waals surface area contributed by atoms with Crippen LogP contribution in [-0.4, -0.2) is 35.6 Å². The molecular weight excluding hydrogens is 240 g/mol. The predicted octanol–water partition coefficient (Wildman–Crippen LogP) is 2.22. The average Bonchev–Trinajstić information content (AvgIpc) is 2.29. The molecule has 1 amide bonds. The highest BCUT2D eigenvalue weighted by Crippen LogP contribution is 2.24. The Hall–Kier alpha value is -1.55. The summed E-state index contributed by atoms with van der Waals surface area (Å²) < 4.78 is 5.83. The zero-order valence-electron chi connectivity index (χ0n) is 12.1. The van der Waals surface area contributed by atoms with E-state index in [0.717, 1.165) is 5.56 Å². The first kappa shape index (κ1) is 13.9. The highest BCUT2D eigenvalue weighted by atomic mass is 16.5. The lowest BCUT2D eigenvalue weighted by Crippen LogP contribution is -2.53. The molecule has 0 bridgehead atoms. The summed E-state index contributed by atoms with van der Waals surface area (Å²) >= 11 is 0.